The lowest BCUT2D eigenvalue weighted by Crippen LogP contribution is -2.42. The molecule has 0 aliphatic carbocycles. The summed E-state index contributed by atoms with van der Waals surface area (Å²) in [5.74, 6) is 0.896. The number of aryl methyl sites for hydroxylation is 2. The molecule has 1 atom stereocenters. The Morgan fingerprint density at radius 2 is 2.33 bits per heavy atom. The number of carbonyl (C=O) groups is 1. The van der Waals surface area contributed by atoms with Gasteiger partial charge in [-0.1, -0.05) is 5.16 Å². The van der Waals surface area contributed by atoms with Crippen molar-refractivity contribution in [3.05, 3.63) is 17.0 Å². The predicted octanol–water partition coefficient (Wildman–Crippen LogP) is 1.21. The Morgan fingerprint density at radius 3 is 2.94 bits per heavy atom. The summed E-state index contributed by atoms with van der Waals surface area (Å²) in [6.07, 6.45) is 2.44. The van der Waals surface area contributed by atoms with Crippen LogP contribution in [-0.2, 0) is 11.2 Å². The summed E-state index contributed by atoms with van der Waals surface area (Å²) >= 11 is 0. The van der Waals surface area contributed by atoms with Gasteiger partial charge in [-0.25, -0.2) is 0 Å². The normalized spacial score (nSPS) is 20.2. The van der Waals surface area contributed by atoms with Crippen molar-refractivity contribution in [2.75, 3.05) is 13.1 Å². The maximum atomic E-state index is 12.0. The molecule has 1 aromatic rings. The van der Waals surface area contributed by atoms with Crippen molar-refractivity contribution in [1.82, 2.24) is 10.1 Å². The van der Waals surface area contributed by atoms with Crippen molar-refractivity contribution in [2.45, 2.75) is 45.6 Å². The Hall–Kier alpha value is -1.36. The number of hydrogen-bond donors (Lipinski definition) is 1. The maximum Gasteiger partial charge on any atom is 0.222 e. The number of β-amino-alcohol motifs (C(OH)–C–C–N with tert-alkyl or cyclic N) is 1. The van der Waals surface area contributed by atoms with Crippen LogP contribution in [0.5, 0.6) is 0 Å². The van der Waals surface area contributed by atoms with Gasteiger partial charge in [-0.3, -0.25) is 4.79 Å². The van der Waals surface area contributed by atoms with E-state index < -0.39 is 0 Å². The second kappa shape index (κ2) is 5.52. The van der Waals surface area contributed by atoms with Crippen LogP contribution < -0.4 is 0 Å². The fourth-order valence-electron chi connectivity index (χ4n) is 2.43. The minimum atomic E-state index is -0.359. The molecule has 100 valence electrons. The van der Waals surface area contributed by atoms with E-state index in [1.54, 1.807) is 4.90 Å². The van der Waals surface area contributed by atoms with Gasteiger partial charge in [0.2, 0.25) is 5.91 Å². The van der Waals surface area contributed by atoms with Gasteiger partial charge in [0, 0.05) is 25.1 Å². The van der Waals surface area contributed by atoms with E-state index in [-0.39, 0.29) is 12.0 Å². The van der Waals surface area contributed by atoms with E-state index in [2.05, 4.69) is 5.16 Å². The Morgan fingerprint density at radius 1 is 1.56 bits per heavy atom. The molecule has 0 radical (unpaired) electrons. The molecule has 5 nitrogen and oxygen atoms in total. The van der Waals surface area contributed by atoms with Crippen LogP contribution in [-0.4, -0.2) is 40.3 Å². The number of piperidine rings is 1. The van der Waals surface area contributed by atoms with Crippen LogP contribution in [0.2, 0.25) is 0 Å². The third-order valence-electron chi connectivity index (χ3n) is 3.52. The van der Waals surface area contributed by atoms with Crippen molar-refractivity contribution in [3.63, 3.8) is 0 Å². The fraction of sp³-hybridized carbons (Fsp3) is 0.692. The van der Waals surface area contributed by atoms with Gasteiger partial charge in [-0.2, -0.15) is 0 Å². The third kappa shape index (κ3) is 2.90. The fourth-order valence-corrected chi connectivity index (χ4v) is 2.43. The summed E-state index contributed by atoms with van der Waals surface area (Å²) in [6, 6.07) is 0. The van der Waals surface area contributed by atoms with Gasteiger partial charge in [0.1, 0.15) is 5.76 Å². The average molecular weight is 252 g/mol. The van der Waals surface area contributed by atoms with Crippen molar-refractivity contribution in [1.29, 1.82) is 0 Å². The monoisotopic (exact) mass is 252 g/mol. The summed E-state index contributed by atoms with van der Waals surface area (Å²) < 4.78 is 5.08. The summed E-state index contributed by atoms with van der Waals surface area (Å²) in [5, 5.41) is 13.4. The van der Waals surface area contributed by atoms with Crippen LogP contribution in [0, 0.1) is 13.8 Å². The van der Waals surface area contributed by atoms with Crippen molar-refractivity contribution in [3.8, 4) is 0 Å². The summed E-state index contributed by atoms with van der Waals surface area (Å²) in [4.78, 5) is 13.8. The minimum absolute atomic E-state index is 0.105. The van der Waals surface area contributed by atoms with Crippen LogP contribution in [0.15, 0.2) is 4.52 Å². The lowest BCUT2D eigenvalue weighted by Gasteiger charge is -2.30. The second-order valence-corrected chi connectivity index (χ2v) is 4.94. The molecule has 18 heavy (non-hydrogen) atoms. The van der Waals surface area contributed by atoms with Gasteiger partial charge < -0.3 is 14.5 Å². The van der Waals surface area contributed by atoms with E-state index in [4.69, 9.17) is 4.52 Å². The van der Waals surface area contributed by atoms with E-state index in [1.807, 2.05) is 13.8 Å². The highest BCUT2D eigenvalue weighted by Crippen LogP contribution is 2.16. The van der Waals surface area contributed by atoms with Gasteiger partial charge in [0.25, 0.3) is 0 Å². The average Bonchev–Trinajstić information content (AvgIpc) is 2.66. The number of aliphatic hydroxyl groups is 1. The highest BCUT2D eigenvalue weighted by molar-refractivity contribution is 5.76. The first-order valence-electron chi connectivity index (χ1n) is 6.45. The predicted molar refractivity (Wildman–Crippen MR) is 66.1 cm³/mol. The SMILES string of the molecule is Cc1noc(C)c1CCC(=O)N1CCCC(O)C1. The number of rotatable bonds is 3. The molecule has 1 unspecified atom stereocenters. The number of hydrogen-bond acceptors (Lipinski definition) is 4. The molecule has 1 saturated heterocycles. The van der Waals surface area contributed by atoms with E-state index in [9.17, 15) is 9.90 Å². The van der Waals surface area contributed by atoms with E-state index in [1.165, 1.54) is 0 Å². The van der Waals surface area contributed by atoms with Gasteiger partial charge >= 0.3 is 0 Å². The first-order valence-corrected chi connectivity index (χ1v) is 6.45. The largest absolute Gasteiger partial charge is 0.391 e. The number of likely N-dealkylation sites (tertiary alicyclic amines) is 1. The van der Waals surface area contributed by atoms with Crippen LogP contribution in [0.1, 0.15) is 36.3 Å². The summed E-state index contributed by atoms with van der Waals surface area (Å²) in [5.41, 5.74) is 1.89. The molecule has 0 aromatic carbocycles. The molecule has 0 saturated carbocycles. The van der Waals surface area contributed by atoms with Crippen LogP contribution in [0.25, 0.3) is 0 Å². The molecule has 0 spiro atoms. The first-order chi connectivity index (χ1) is 8.58. The third-order valence-corrected chi connectivity index (χ3v) is 3.52. The number of aromatic nitrogens is 1. The zero-order chi connectivity index (χ0) is 13.1. The molecule has 2 heterocycles. The number of amides is 1. The Kier molecular flexibility index (Phi) is 4.01. The standard InChI is InChI=1S/C13H20N2O3/c1-9-12(10(2)18-14-9)5-6-13(17)15-7-3-4-11(16)8-15/h11,16H,3-8H2,1-2H3. The second-order valence-electron chi connectivity index (χ2n) is 4.94. The lowest BCUT2D eigenvalue weighted by molar-refractivity contribution is -0.134. The molecule has 1 aliphatic rings. The van der Waals surface area contributed by atoms with Crippen molar-refractivity contribution >= 4 is 5.91 Å². The molecular formula is C13H20N2O3. The zero-order valence-electron chi connectivity index (χ0n) is 11.0. The van der Waals surface area contributed by atoms with Crippen LogP contribution in [0.4, 0.5) is 0 Å². The summed E-state index contributed by atoms with van der Waals surface area (Å²) in [7, 11) is 0. The number of carbonyl (C=O) groups excluding carboxylic acids is 1. The van der Waals surface area contributed by atoms with Gasteiger partial charge in [-0.15, -0.1) is 0 Å². The Balaban J connectivity index is 1.88. The molecule has 5 heteroatoms. The molecule has 0 bridgehead atoms. The molecule has 1 fully saturated rings. The topological polar surface area (TPSA) is 66.6 Å². The van der Waals surface area contributed by atoms with E-state index in [0.717, 1.165) is 36.4 Å². The highest BCUT2D eigenvalue weighted by Gasteiger charge is 2.22. The zero-order valence-corrected chi connectivity index (χ0v) is 11.0. The smallest absolute Gasteiger partial charge is 0.222 e. The lowest BCUT2D eigenvalue weighted by atomic mass is 10.1. The molecule has 1 aliphatic heterocycles. The van der Waals surface area contributed by atoms with E-state index >= 15 is 0 Å². The van der Waals surface area contributed by atoms with Crippen molar-refractivity contribution in [2.24, 2.45) is 0 Å². The number of nitrogens with zero attached hydrogens (tertiary/aromatic N) is 2. The first kappa shape index (κ1) is 13.1. The summed E-state index contributed by atoms with van der Waals surface area (Å²) in [6.45, 7) is 4.99. The number of aliphatic hydroxyl groups excluding tert-OH is 1. The van der Waals surface area contributed by atoms with Gasteiger partial charge in [-0.05, 0) is 33.1 Å². The highest BCUT2D eigenvalue weighted by atomic mass is 16.5. The quantitative estimate of drug-likeness (QED) is 0.878. The van der Waals surface area contributed by atoms with Gasteiger partial charge in [0.15, 0.2) is 0 Å². The Labute approximate surface area is 107 Å². The maximum absolute atomic E-state index is 12.0. The van der Waals surface area contributed by atoms with E-state index in [0.29, 0.717) is 19.4 Å². The molecule has 1 amide bonds. The minimum Gasteiger partial charge on any atom is -0.391 e. The molecule has 1 aromatic heterocycles. The molecule has 1 N–H and O–H groups in total. The van der Waals surface area contributed by atoms with Crippen LogP contribution >= 0.6 is 0 Å². The Bertz CT molecular complexity index is 408. The van der Waals surface area contributed by atoms with Gasteiger partial charge in [0.05, 0.1) is 11.8 Å². The molecule has 2 rings (SSSR count). The molecular weight excluding hydrogens is 232 g/mol. The van der Waals surface area contributed by atoms with Crippen LogP contribution in [0.3, 0.4) is 0 Å². The van der Waals surface area contributed by atoms with Crippen molar-refractivity contribution < 1.29 is 14.4 Å².